The summed E-state index contributed by atoms with van der Waals surface area (Å²) in [4.78, 5) is 10.9. The third-order valence-electron chi connectivity index (χ3n) is 2.08. The summed E-state index contributed by atoms with van der Waals surface area (Å²) in [5, 5.41) is 9.38. The van der Waals surface area contributed by atoms with Crippen LogP contribution in [-0.2, 0) is 0 Å². The minimum Gasteiger partial charge on any atom is -0.477 e. The number of aromatic carboxylic acids is 1. The molecule has 4 heteroatoms. The summed E-state index contributed by atoms with van der Waals surface area (Å²) in [6, 6.07) is 5.30. The molecule has 0 saturated heterocycles. The Hall–Kier alpha value is -1.48. The first kappa shape index (κ1) is 9.09. The van der Waals surface area contributed by atoms with Gasteiger partial charge >= 0.3 is 5.97 Å². The summed E-state index contributed by atoms with van der Waals surface area (Å²) in [6.45, 7) is 1.84. The van der Waals surface area contributed by atoms with Gasteiger partial charge in [-0.3, -0.25) is 0 Å². The first-order valence-electron chi connectivity index (χ1n) is 4.02. The van der Waals surface area contributed by atoms with Crippen molar-refractivity contribution in [1.82, 2.24) is 0 Å². The van der Waals surface area contributed by atoms with E-state index in [1.807, 2.05) is 13.0 Å². The summed E-state index contributed by atoms with van der Waals surface area (Å²) in [5.41, 5.74) is 1.44. The zero-order chi connectivity index (χ0) is 10.3. The molecule has 0 fully saturated rings. The Labute approximate surface area is 84.9 Å². The van der Waals surface area contributed by atoms with Gasteiger partial charge in [-0.25, -0.2) is 4.79 Å². The smallest absolute Gasteiger partial charge is 0.341 e. The van der Waals surface area contributed by atoms with E-state index in [0.717, 1.165) is 5.56 Å². The number of rotatable bonds is 1. The maximum Gasteiger partial charge on any atom is 0.341 e. The molecular weight excluding hydrogens is 204 g/mol. The van der Waals surface area contributed by atoms with E-state index in [2.05, 4.69) is 0 Å². The third kappa shape index (κ3) is 1.17. The van der Waals surface area contributed by atoms with Crippen LogP contribution in [0.3, 0.4) is 0 Å². The SMILES string of the molecule is Cc1cccc2c(C(=O)O)c(Cl)oc12. The second-order valence-electron chi connectivity index (χ2n) is 3.01. The third-order valence-corrected chi connectivity index (χ3v) is 2.35. The van der Waals surface area contributed by atoms with Crippen molar-refractivity contribution in [3.63, 3.8) is 0 Å². The number of para-hydroxylation sites is 1. The molecule has 1 aromatic heterocycles. The quantitative estimate of drug-likeness (QED) is 0.787. The van der Waals surface area contributed by atoms with Crippen LogP contribution in [0.5, 0.6) is 0 Å². The molecule has 0 radical (unpaired) electrons. The maximum atomic E-state index is 10.9. The fraction of sp³-hybridized carbons (Fsp3) is 0.100. The molecule has 2 aromatic rings. The predicted molar refractivity (Wildman–Crippen MR) is 52.9 cm³/mol. The molecule has 3 nitrogen and oxygen atoms in total. The minimum atomic E-state index is -1.07. The molecule has 0 spiro atoms. The van der Waals surface area contributed by atoms with E-state index < -0.39 is 5.97 Å². The molecule has 0 amide bonds. The molecule has 0 aliphatic heterocycles. The number of furan rings is 1. The second-order valence-corrected chi connectivity index (χ2v) is 3.35. The Morgan fingerprint density at radius 3 is 2.86 bits per heavy atom. The fourth-order valence-corrected chi connectivity index (χ4v) is 1.69. The van der Waals surface area contributed by atoms with Gasteiger partial charge in [-0.05, 0) is 24.1 Å². The Morgan fingerprint density at radius 2 is 2.21 bits per heavy atom. The van der Waals surface area contributed by atoms with Crippen molar-refractivity contribution < 1.29 is 14.3 Å². The number of aryl methyl sites for hydroxylation is 1. The van der Waals surface area contributed by atoms with Crippen molar-refractivity contribution in [2.75, 3.05) is 0 Å². The molecule has 0 aliphatic carbocycles. The van der Waals surface area contributed by atoms with Crippen LogP contribution in [0.15, 0.2) is 22.6 Å². The Morgan fingerprint density at radius 1 is 1.50 bits per heavy atom. The van der Waals surface area contributed by atoms with Crippen LogP contribution in [-0.4, -0.2) is 11.1 Å². The lowest BCUT2D eigenvalue weighted by Gasteiger charge is -1.92. The van der Waals surface area contributed by atoms with Crippen LogP contribution in [0.1, 0.15) is 15.9 Å². The number of carboxylic acids is 1. The summed E-state index contributed by atoms with van der Waals surface area (Å²) < 4.78 is 5.18. The highest BCUT2D eigenvalue weighted by Crippen LogP contribution is 2.31. The predicted octanol–water partition coefficient (Wildman–Crippen LogP) is 3.09. The zero-order valence-electron chi connectivity index (χ0n) is 7.37. The number of hydrogen-bond acceptors (Lipinski definition) is 2. The molecule has 1 heterocycles. The number of benzene rings is 1. The van der Waals surface area contributed by atoms with Crippen LogP contribution < -0.4 is 0 Å². The van der Waals surface area contributed by atoms with E-state index in [4.69, 9.17) is 21.1 Å². The topological polar surface area (TPSA) is 50.4 Å². The minimum absolute atomic E-state index is 0.0327. The van der Waals surface area contributed by atoms with Crippen molar-refractivity contribution in [3.8, 4) is 0 Å². The van der Waals surface area contributed by atoms with Crippen LogP contribution in [0, 0.1) is 6.92 Å². The van der Waals surface area contributed by atoms with E-state index in [9.17, 15) is 4.79 Å². The normalized spacial score (nSPS) is 10.7. The summed E-state index contributed by atoms with van der Waals surface area (Å²) >= 11 is 5.69. The molecule has 2 rings (SSSR count). The van der Waals surface area contributed by atoms with Gasteiger partial charge in [0, 0.05) is 5.39 Å². The largest absolute Gasteiger partial charge is 0.477 e. The second kappa shape index (κ2) is 3.03. The molecular formula is C10H7ClO3. The van der Waals surface area contributed by atoms with Gasteiger partial charge in [0.05, 0.1) is 0 Å². The van der Waals surface area contributed by atoms with Crippen molar-refractivity contribution in [2.24, 2.45) is 0 Å². The first-order chi connectivity index (χ1) is 6.61. The van der Waals surface area contributed by atoms with Crippen LogP contribution >= 0.6 is 11.6 Å². The maximum absolute atomic E-state index is 10.9. The molecule has 1 aromatic carbocycles. The van der Waals surface area contributed by atoms with E-state index in [1.54, 1.807) is 12.1 Å². The Kier molecular flexibility index (Phi) is 1.97. The van der Waals surface area contributed by atoms with Crippen molar-refractivity contribution in [2.45, 2.75) is 6.92 Å². The van der Waals surface area contributed by atoms with E-state index in [1.165, 1.54) is 0 Å². The lowest BCUT2D eigenvalue weighted by Crippen LogP contribution is -1.94. The van der Waals surface area contributed by atoms with Crippen molar-refractivity contribution >= 4 is 28.5 Å². The summed E-state index contributed by atoms with van der Waals surface area (Å²) in [6.07, 6.45) is 0. The highest BCUT2D eigenvalue weighted by atomic mass is 35.5. The highest BCUT2D eigenvalue weighted by Gasteiger charge is 2.19. The van der Waals surface area contributed by atoms with E-state index in [0.29, 0.717) is 11.0 Å². The number of halogens is 1. The van der Waals surface area contributed by atoms with Gasteiger partial charge in [0.15, 0.2) is 0 Å². The fourth-order valence-electron chi connectivity index (χ4n) is 1.43. The number of carbonyl (C=O) groups is 1. The molecule has 14 heavy (non-hydrogen) atoms. The Bertz CT molecular complexity index is 513. The number of fused-ring (bicyclic) bond motifs is 1. The lowest BCUT2D eigenvalue weighted by molar-refractivity contribution is 0.0698. The Balaban J connectivity index is 2.90. The number of hydrogen-bond donors (Lipinski definition) is 1. The summed E-state index contributed by atoms with van der Waals surface area (Å²) in [7, 11) is 0. The molecule has 0 saturated carbocycles. The van der Waals surface area contributed by atoms with Crippen molar-refractivity contribution in [3.05, 3.63) is 34.5 Å². The average Bonchev–Trinajstić information content (AvgIpc) is 2.42. The van der Waals surface area contributed by atoms with E-state index in [-0.39, 0.29) is 10.8 Å². The standard InChI is InChI=1S/C10H7ClO3/c1-5-3-2-4-6-7(10(12)13)9(11)14-8(5)6/h2-4H,1H3,(H,12,13). The van der Waals surface area contributed by atoms with Gasteiger partial charge in [-0.2, -0.15) is 0 Å². The first-order valence-corrected chi connectivity index (χ1v) is 4.40. The van der Waals surface area contributed by atoms with Gasteiger partial charge in [-0.1, -0.05) is 18.2 Å². The monoisotopic (exact) mass is 210 g/mol. The summed E-state index contributed by atoms with van der Waals surface area (Å²) in [5.74, 6) is -1.07. The average molecular weight is 211 g/mol. The van der Waals surface area contributed by atoms with Crippen LogP contribution in [0.2, 0.25) is 5.22 Å². The molecule has 0 bridgehead atoms. The lowest BCUT2D eigenvalue weighted by atomic mass is 10.1. The molecule has 0 unspecified atom stereocenters. The van der Waals surface area contributed by atoms with Gasteiger partial charge in [0.1, 0.15) is 11.1 Å². The zero-order valence-corrected chi connectivity index (χ0v) is 8.13. The molecule has 72 valence electrons. The number of carboxylic acid groups (broad SMARTS) is 1. The highest BCUT2D eigenvalue weighted by molar-refractivity contribution is 6.33. The van der Waals surface area contributed by atoms with Crippen molar-refractivity contribution in [1.29, 1.82) is 0 Å². The molecule has 0 atom stereocenters. The molecule has 1 N–H and O–H groups in total. The van der Waals surface area contributed by atoms with Crippen LogP contribution in [0.4, 0.5) is 0 Å². The van der Waals surface area contributed by atoms with Gasteiger partial charge in [0.2, 0.25) is 5.22 Å². The van der Waals surface area contributed by atoms with Gasteiger partial charge < -0.3 is 9.52 Å². The van der Waals surface area contributed by atoms with E-state index >= 15 is 0 Å². The van der Waals surface area contributed by atoms with Gasteiger partial charge in [-0.15, -0.1) is 0 Å². The van der Waals surface area contributed by atoms with Crippen LogP contribution in [0.25, 0.3) is 11.0 Å². The molecule has 0 aliphatic rings. The van der Waals surface area contributed by atoms with Gasteiger partial charge in [0.25, 0.3) is 0 Å².